The Morgan fingerprint density at radius 3 is 2.82 bits per heavy atom. The SMILES string of the molecule is COCCc1nsc(Oc2ccc(NC(=O)C3CC3)cc2)n1. The van der Waals surface area contributed by atoms with E-state index in [9.17, 15) is 4.79 Å². The number of hydrogen-bond donors (Lipinski definition) is 1. The molecule has 2 aromatic rings. The van der Waals surface area contributed by atoms with Gasteiger partial charge in [-0.15, -0.1) is 0 Å². The van der Waals surface area contributed by atoms with Gasteiger partial charge in [-0.2, -0.15) is 9.36 Å². The van der Waals surface area contributed by atoms with Crippen LogP contribution in [0.4, 0.5) is 5.69 Å². The molecule has 0 aliphatic heterocycles. The standard InChI is InChI=1S/C15H17N3O3S/c1-20-9-8-13-17-15(22-18-13)21-12-6-4-11(5-7-12)16-14(19)10-2-3-10/h4-7,10H,2-3,8-9H2,1H3,(H,16,19). The van der Waals surface area contributed by atoms with Gasteiger partial charge in [0.25, 0.3) is 5.19 Å². The molecule has 1 aliphatic rings. The number of aromatic nitrogens is 2. The summed E-state index contributed by atoms with van der Waals surface area (Å²) in [4.78, 5) is 16.0. The molecule has 1 saturated carbocycles. The number of rotatable bonds is 7. The van der Waals surface area contributed by atoms with Crippen LogP contribution in [-0.4, -0.2) is 29.0 Å². The zero-order chi connectivity index (χ0) is 15.4. The van der Waals surface area contributed by atoms with Crippen molar-refractivity contribution in [2.45, 2.75) is 19.3 Å². The number of benzene rings is 1. The molecule has 116 valence electrons. The van der Waals surface area contributed by atoms with Crippen molar-refractivity contribution in [2.24, 2.45) is 5.92 Å². The molecular formula is C15H17N3O3S. The number of carbonyl (C=O) groups excluding carboxylic acids is 1. The number of hydrogen-bond acceptors (Lipinski definition) is 6. The number of nitrogens with one attached hydrogen (secondary N) is 1. The minimum absolute atomic E-state index is 0.0978. The quantitative estimate of drug-likeness (QED) is 0.849. The van der Waals surface area contributed by atoms with Gasteiger partial charge in [0.2, 0.25) is 5.91 Å². The second-order valence-corrected chi connectivity index (χ2v) is 5.82. The second kappa shape index (κ2) is 6.85. The minimum Gasteiger partial charge on any atom is -0.430 e. The predicted octanol–water partition coefficient (Wildman–Crippen LogP) is 2.87. The first-order chi connectivity index (χ1) is 10.7. The summed E-state index contributed by atoms with van der Waals surface area (Å²) in [5, 5.41) is 3.39. The van der Waals surface area contributed by atoms with Crippen LogP contribution in [0.1, 0.15) is 18.7 Å². The van der Waals surface area contributed by atoms with Gasteiger partial charge < -0.3 is 14.8 Å². The molecule has 6 nitrogen and oxygen atoms in total. The van der Waals surface area contributed by atoms with E-state index in [-0.39, 0.29) is 11.8 Å². The first-order valence-corrected chi connectivity index (χ1v) is 7.92. The normalized spacial score (nSPS) is 13.9. The number of methoxy groups -OCH3 is 1. The molecule has 22 heavy (non-hydrogen) atoms. The summed E-state index contributed by atoms with van der Waals surface area (Å²) in [5.74, 6) is 1.68. The van der Waals surface area contributed by atoms with Gasteiger partial charge in [0.15, 0.2) is 0 Å². The Morgan fingerprint density at radius 1 is 1.36 bits per heavy atom. The molecule has 0 saturated heterocycles. The van der Waals surface area contributed by atoms with E-state index in [1.54, 1.807) is 19.2 Å². The average molecular weight is 319 g/mol. The minimum atomic E-state index is 0.0978. The monoisotopic (exact) mass is 319 g/mol. The van der Waals surface area contributed by atoms with E-state index in [0.29, 0.717) is 24.0 Å². The summed E-state index contributed by atoms with van der Waals surface area (Å²) in [5.41, 5.74) is 0.780. The van der Waals surface area contributed by atoms with E-state index in [1.165, 1.54) is 11.5 Å². The van der Waals surface area contributed by atoms with Gasteiger partial charge in [0.05, 0.1) is 6.61 Å². The van der Waals surface area contributed by atoms with Crippen molar-refractivity contribution in [3.05, 3.63) is 30.1 Å². The third kappa shape index (κ3) is 4.02. The van der Waals surface area contributed by atoms with Crippen molar-refractivity contribution in [1.29, 1.82) is 0 Å². The lowest BCUT2D eigenvalue weighted by molar-refractivity contribution is -0.117. The topological polar surface area (TPSA) is 73.3 Å². The summed E-state index contributed by atoms with van der Waals surface area (Å²) in [6.07, 6.45) is 2.66. The number of anilines is 1. The molecule has 1 aromatic carbocycles. The number of nitrogens with zero attached hydrogens (tertiary/aromatic N) is 2. The number of ether oxygens (including phenoxy) is 2. The lowest BCUT2D eigenvalue weighted by atomic mass is 10.3. The molecule has 1 aromatic heterocycles. The van der Waals surface area contributed by atoms with Crippen LogP contribution >= 0.6 is 11.5 Å². The van der Waals surface area contributed by atoms with E-state index >= 15 is 0 Å². The zero-order valence-corrected chi connectivity index (χ0v) is 13.1. The summed E-state index contributed by atoms with van der Waals surface area (Å²) < 4.78 is 14.8. The fourth-order valence-corrected chi connectivity index (χ4v) is 2.47. The van der Waals surface area contributed by atoms with Gasteiger partial charge in [-0.1, -0.05) is 0 Å². The Balaban J connectivity index is 1.55. The van der Waals surface area contributed by atoms with Crippen LogP contribution in [0.2, 0.25) is 0 Å². The Morgan fingerprint density at radius 2 is 2.14 bits per heavy atom. The van der Waals surface area contributed by atoms with Crippen LogP contribution in [-0.2, 0) is 16.0 Å². The second-order valence-electron chi connectivity index (χ2n) is 5.11. The van der Waals surface area contributed by atoms with E-state index in [4.69, 9.17) is 9.47 Å². The van der Waals surface area contributed by atoms with E-state index in [0.717, 1.165) is 24.4 Å². The average Bonchev–Trinajstić information content (AvgIpc) is 3.29. The van der Waals surface area contributed by atoms with Gasteiger partial charge in [-0.3, -0.25) is 4.79 Å². The van der Waals surface area contributed by atoms with Gasteiger partial charge in [0.1, 0.15) is 11.6 Å². The van der Waals surface area contributed by atoms with Crippen molar-refractivity contribution in [3.63, 3.8) is 0 Å². The molecular weight excluding hydrogens is 302 g/mol. The summed E-state index contributed by atoms with van der Waals surface area (Å²) >= 11 is 1.21. The molecule has 1 heterocycles. The van der Waals surface area contributed by atoms with Crippen LogP contribution in [0.25, 0.3) is 0 Å². The number of carbonyl (C=O) groups is 1. The van der Waals surface area contributed by atoms with Crippen molar-refractivity contribution in [2.75, 3.05) is 19.0 Å². The third-order valence-corrected chi connectivity index (χ3v) is 3.89. The molecule has 1 N–H and O–H groups in total. The molecule has 1 aliphatic carbocycles. The largest absolute Gasteiger partial charge is 0.430 e. The molecule has 0 radical (unpaired) electrons. The predicted molar refractivity (Wildman–Crippen MR) is 83.4 cm³/mol. The first-order valence-electron chi connectivity index (χ1n) is 7.15. The van der Waals surface area contributed by atoms with Crippen molar-refractivity contribution in [3.8, 4) is 10.9 Å². The van der Waals surface area contributed by atoms with E-state index < -0.39 is 0 Å². The van der Waals surface area contributed by atoms with Crippen LogP contribution in [0.3, 0.4) is 0 Å². The van der Waals surface area contributed by atoms with Gasteiger partial charge in [-0.05, 0) is 37.1 Å². The van der Waals surface area contributed by atoms with Crippen molar-refractivity contribution in [1.82, 2.24) is 9.36 Å². The fourth-order valence-electron chi connectivity index (χ4n) is 1.87. The molecule has 3 rings (SSSR count). The molecule has 0 bridgehead atoms. The van der Waals surface area contributed by atoms with E-state index in [2.05, 4.69) is 14.7 Å². The lowest BCUT2D eigenvalue weighted by Crippen LogP contribution is -2.12. The maximum atomic E-state index is 11.7. The maximum Gasteiger partial charge on any atom is 0.298 e. The fraction of sp³-hybridized carbons (Fsp3) is 0.400. The molecule has 0 atom stereocenters. The van der Waals surface area contributed by atoms with Crippen LogP contribution in [0, 0.1) is 5.92 Å². The maximum absolute atomic E-state index is 11.7. The Labute approximate surface area is 132 Å². The summed E-state index contributed by atoms with van der Waals surface area (Å²) in [7, 11) is 1.65. The molecule has 0 spiro atoms. The zero-order valence-electron chi connectivity index (χ0n) is 12.2. The molecule has 1 amide bonds. The highest BCUT2D eigenvalue weighted by atomic mass is 32.1. The Kier molecular flexibility index (Phi) is 4.65. The Hall–Kier alpha value is -1.99. The van der Waals surface area contributed by atoms with Crippen LogP contribution < -0.4 is 10.1 Å². The highest BCUT2D eigenvalue weighted by Crippen LogP contribution is 2.30. The van der Waals surface area contributed by atoms with E-state index in [1.807, 2.05) is 12.1 Å². The van der Waals surface area contributed by atoms with Gasteiger partial charge >= 0.3 is 0 Å². The van der Waals surface area contributed by atoms with Crippen molar-refractivity contribution < 1.29 is 14.3 Å². The van der Waals surface area contributed by atoms with Crippen molar-refractivity contribution >= 4 is 23.1 Å². The molecule has 7 heteroatoms. The summed E-state index contributed by atoms with van der Waals surface area (Å²) in [6.45, 7) is 0.589. The van der Waals surface area contributed by atoms with Crippen LogP contribution in [0.15, 0.2) is 24.3 Å². The summed E-state index contributed by atoms with van der Waals surface area (Å²) in [6, 6.07) is 7.25. The first kappa shape index (κ1) is 14.9. The number of amides is 1. The molecule has 0 unspecified atom stereocenters. The highest BCUT2D eigenvalue weighted by molar-refractivity contribution is 7.07. The highest BCUT2D eigenvalue weighted by Gasteiger charge is 2.29. The smallest absolute Gasteiger partial charge is 0.298 e. The van der Waals surface area contributed by atoms with Gasteiger partial charge in [-0.25, -0.2) is 0 Å². The Bertz CT molecular complexity index is 638. The third-order valence-electron chi connectivity index (χ3n) is 3.25. The van der Waals surface area contributed by atoms with Crippen LogP contribution in [0.5, 0.6) is 10.9 Å². The van der Waals surface area contributed by atoms with Gasteiger partial charge in [0, 0.05) is 36.7 Å². The lowest BCUT2D eigenvalue weighted by Gasteiger charge is -2.05. The molecule has 1 fully saturated rings.